The van der Waals surface area contributed by atoms with Crippen molar-refractivity contribution in [2.75, 3.05) is 105 Å². The van der Waals surface area contributed by atoms with Gasteiger partial charge < -0.3 is 118 Å². The van der Waals surface area contributed by atoms with Crippen molar-refractivity contribution in [3.63, 3.8) is 0 Å². The molecule has 0 saturated carbocycles. The minimum absolute atomic E-state index is 0.0671. The second-order valence-electron chi connectivity index (χ2n) is 16.4. The molecule has 10 atom stereocenters. The lowest BCUT2D eigenvalue weighted by Crippen LogP contribution is -2.60. The average Bonchev–Trinajstić information content (AvgIpc) is 3.35. The number of hydrogen-bond acceptors (Lipinski definition) is 21. The summed E-state index contributed by atoms with van der Waals surface area (Å²) in [6, 6.07) is -5.10. The van der Waals surface area contributed by atoms with Crippen molar-refractivity contribution in [1.82, 2.24) is 26.2 Å². The number of ether oxygens (including phenoxy) is 8. The van der Waals surface area contributed by atoms with E-state index in [2.05, 4.69) is 37.2 Å². The zero-order chi connectivity index (χ0) is 56.7. The summed E-state index contributed by atoms with van der Waals surface area (Å²) in [6.45, 7) is -0.606. The van der Waals surface area contributed by atoms with Gasteiger partial charge in [0, 0.05) is 40.0 Å². The molecule has 2 rings (SSSR count). The first-order valence-corrected chi connectivity index (χ1v) is 23.5. The van der Waals surface area contributed by atoms with Crippen LogP contribution in [0.3, 0.4) is 0 Å². The van der Waals surface area contributed by atoms with Crippen LogP contribution in [-0.2, 0) is 71.5 Å². The minimum atomic E-state index is -1.81. The molecule has 0 fully saturated rings. The maximum absolute atomic E-state index is 13.5. The highest BCUT2D eigenvalue weighted by molar-refractivity contribution is 5.86. The van der Waals surface area contributed by atoms with Crippen molar-refractivity contribution in [3.8, 4) is 12.3 Å². The van der Waals surface area contributed by atoms with Crippen LogP contribution in [0.15, 0.2) is 33.7 Å². The maximum Gasteiger partial charge on any atom is 0.370 e. The summed E-state index contributed by atoms with van der Waals surface area (Å²) in [5.41, 5.74) is 22.2. The van der Waals surface area contributed by atoms with Crippen molar-refractivity contribution < 1.29 is 102 Å². The fraction of sp³-hybridized carbons (Fsp3) is 0.659. The van der Waals surface area contributed by atoms with Gasteiger partial charge in [-0.05, 0) is 12.2 Å². The van der Waals surface area contributed by atoms with Crippen molar-refractivity contribution in [2.24, 2.45) is 32.9 Å². The first-order chi connectivity index (χ1) is 36.1. The molecule has 76 heavy (non-hydrogen) atoms. The number of carboxylic acid groups (broad SMARTS) is 2. The number of aliphatic hydroxyl groups excluding tert-OH is 4. The van der Waals surface area contributed by atoms with Gasteiger partial charge in [-0.2, -0.15) is 0 Å². The van der Waals surface area contributed by atoms with Gasteiger partial charge in [-0.3, -0.25) is 24.0 Å². The molecular formula is C44H71N11O21. The summed E-state index contributed by atoms with van der Waals surface area (Å²) in [4.78, 5) is 97.3. The molecule has 0 bridgehead atoms. The molecule has 18 N–H and O–H groups in total. The van der Waals surface area contributed by atoms with Crippen LogP contribution >= 0.6 is 0 Å². The number of terminal acetylenes is 1. The van der Waals surface area contributed by atoms with E-state index in [1.807, 2.05) is 0 Å². The molecule has 32 heteroatoms. The third-order valence-electron chi connectivity index (χ3n) is 10.5. The standard InChI is InChI=1S/C44H71N11O21/c1-4-10-69-12-14-71-16-17-72-15-13-70-11-5-34(64)55(8-6-49-32(62)22-73-37(28(60)20-56)39-35(51-24(2)58)26(53-43(45)46)18-30(75-39)41(65)66)9-7-50-33(63)23-74-38(29(61)21-57)40-36(52-25(3)59)27(54-44(47)48)19-31(76-40)42(67)68/h1,18-19,26-29,35-40,56-57,60-61H,5-17,20-23H2,2-3H3,(H,49,62)(H,50,63)(H,51,58)(H,52,59)(H,65,66)(H,67,68)(H4,45,46,53)(H4,47,48,54)/t26-,27-,28+,29+,35+,36+,37+,38+,39+,40+/m0/s1. The number of carbonyl (C=O) groups is 7. The molecule has 2 heterocycles. The first-order valence-electron chi connectivity index (χ1n) is 23.5. The number of aliphatic hydroxyl groups is 4. The number of aliphatic carboxylic acids is 2. The third-order valence-corrected chi connectivity index (χ3v) is 10.5. The Balaban J connectivity index is 2.18. The Morgan fingerprint density at radius 1 is 0.671 bits per heavy atom. The van der Waals surface area contributed by atoms with Crippen molar-refractivity contribution in [1.29, 1.82) is 0 Å². The fourth-order valence-electron chi connectivity index (χ4n) is 7.23. The number of nitrogens with zero attached hydrogens (tertiary/aromatic N) is 3. The van der Waals surface area contributed by atoms with Crippen molar-refractivity contribution >= 4 is 53.4 Å². The molecule has 0 radical (unpaired) electrons. The van der Waals surface area contributed by atoms with E-state index in [1.54, 1.807) is 0 Å². The van der Waals surface area contributed by atoms with E-state index in [0.29, 0.717) is 13.2 Å². The monoisotopic (exact) mass is 1090 g/mol. The zero-order valence-electron chi connectivity index (χ0n) is 42.0. The number of nitrogens with one attached hydrogen (secondary N) is 4. The van der Waals surface area contributed by atoms with E-state index in [1.165, 1.54) is 4.90 Å². The molecule has 0 aromatic heterocycles. The summed E-state index contributed by atoms with van der Waals surface area (Å²) in [7, 11) is 0. The van der Waals surface area contributed by atoms with Gasteiger partial charge >= 0.3 is 11.9 Å². The lowest BCUT2D eigenvalue weighted by Gasteiger charge is -2.40. The van der Waals surface area contributed by atoms with Crippen molar-refractivity contribution in [3.05, 3.63) is 23.7 Å². The van der Waals surface area contributed by atoms with Crippen LogP contribution in [0.1, 0.15) is 20.3 Å². The SMILES string of the molecule is C#CCOCCOCCOCCOCCC(=O)N(CCNC(=O)CO[C@@H]([C@@H]1OC(C(=O)O)=C[C@H](N=C(N)N)[C@H]1NC(C)=O)[C@H](O)CO)CCNC(=O)CO[C@@H]([C@@H]1OC(C(=O)O)=C[C@H](N=C(N)N)[C@H]1NC(C)=O)[C@H](O)CO. The largest absolute Gasteiger partial charge is 0.478 e. The molecule has 0 spiro atoms. The maximum atomic E-state index is 13.5. The number of guanidine groups is 2. The van der Waals surface area contributed by atoms with Crippen LogP contribution in [0, 0.1) is 12.3 Å². The van der Waals surface area contributed by atoms with Gasteiger partial charge in [0.2, 0.25) is 41.1 Å². The van der Waals surface area contributed by atoms with E-state index in [0.717, 1.165) is 26.0 Å². The van der Waals surface area contributed by atoms with Gasteiger partial charge in [-0.1, -0.05) is 5.92 Å². The van der Waals surface area contributed by atoms with E-state index in [9.17, 15) is 64.2 Å². The van der Waals surface area contributed by atoms with Crippen LogP contribution in [0.4, 0.5) is 0 Å². The molecule has 0 saturated heterocycles. The summed E-state index contributed by atoms with van der Waals surface area (Å²) in [6.07, 6.45) is -3.22. The molecule has 5 amide bonds. The third kappa shape index (κ3) is 24.2. The molecule has 0 aliphatic carbocycles. The topological polar surface area (TPSA) is 495 Å². The highest BCUT2D eigenvalue weighted by Crippen LogP contribution is 2.28. The Kier molecular flexibility index (Phi) is 30.3. The predicted molar refractivity (Wildman–Crippen MR) is 261 cm³/mol. The number of carbonyl (C=O) groups excluding carboxylic acids is 5. The smallest absolute Gasteiger partial charge is 0.370 e. The summed E-state index contributed by atoms with van der Waals surface area (Å²) in [5.74, 6) is -6.66. The number of hydrogen-bond donors (Lipinski definition) is 14. The molecule has 2 aliphatic heterocycles. The van der Waals surface area contributed by atoms with E-state index in [4.69, 9.17) is 67.3 Å². The van der Waals surface area contributed by atoms with E-state index in [-0.39, 0.29) is 72.2 Å². The highest BCUT2D eigenvalue weighted by atomic mass is 16.6. The van der Waals surface area contributed by atoms with Crippen LogP contribution in [-0.4, -0.2) is 255 Å². The van der Waals surface area contributed by atoms with Crippen LogP contribution in [0.5, 0.6) is 0 Å². The average molecular weight is 1090 g/mol. The van der Waals surface area contributed by atoms with Gasteiger partial charge in [-0.25, -0.2) is 19.6 Å². The van der Waals surface area contributed by atoms with Gasteiger partial charge in [0.25, 0.3) is 0 Å². The summed E-state index contributed by atoms with van der Waals surface area (Å²) >= 11 is 0. The normalized spacial score (nSPS) is 20.4. The fourth-order valence-corrected chi connectivity index (χ4v) is 7.23. The lowest BCUT2D eigenvalue weighted by molar-refractivity contribution is -0.158. The Morgan fingerprint density at radius 2 is 1.05 bits per heavy atom. The molecular weight excluding hydrogens is 1020 g/mol. The van der Waals surface area contributed by atoms with Gasteiger partial charge in [0.15, 0.2) is 24.1 Å². The van der Waals surface area contributed by atoms with Gasteiger partial charge in [-0.15, -0.1) is 6.42 Å². The van der Waals surface area contributed by atoms with Gasteiger partial charge in [0.1, 0.15) is 44.2 Å². The lowest BCUT2D eigenvalue weighted by atomic mass is 9.92. The number of carboxylic acids is 2. The van der Waals surface area contributed by atoms with Crippen LogP contribution < -0.4 is 44.2 Å². The number of aliphatic imine (C=N–C) groups is 2. The highest BCUT2D eigenvalue weighted by Gasteiger charge is 2.47. The Labute approximate surface area is 436 Å². The van der Waals surface area contributed by atoms with E-state index < -0.39 is 152 Å². The van der Waals surface area contributed by atoms with Gasteiger partial charge in [0.05, 0.1) is 90.1 Å². The van der Waals surface area contributed by atoms with E-state index >= 15 is 0 Å². The Bertz CT molecular complexity index is 1950. The summed E-state index contributed by atoms with van der Waals surface area (Å²) in [5, 5.41) is 70.8. The predicted octanol–water partition coefficient (Wildman–Crippen LogP) is -8.36. The minimum Gasteiger partial charge on any atom is -0.478 e. The van der Waals surface area contributed by atoms with Crippen LogP contribution in [0.2, 0.25) is 0 Å². The molecule has 0 aromatic carbocycles. The first kappa shape index (κ1) is 65.2. The Hall–Kier alpha value is -6.93. The Morgan fingerprint density at radius 3 is 1.39 bits per heavy atom. The van der Waals surface area contributed by atoms with Crippen LogP contribution in [0.25, 0.3) is 0 Å². The molecule has 0 aromatic rings. The number of rotatable bonds is 37. The second-order valence-corrected chi connectivity index (χ2v) is 16.4. The summed E-state index contributed by atoms with van der Waals surface area (Å²) < 4.78 is 43.9. The molecule has 0 unspecified atom stereocenters. The van der Waals surface area contributed by atoms with Crippen molar-refractivity contribution in [2.45, 2.75) is 81.1 Å². The quantitative estimate of drug-likeness (QED) is 0.0119. The molecule has 428 valence electrons. The number of amides is 5. The second kappa shape index (κ2) is 35.4. The molecule has 2 aliphatic rings. The number of nitrogens with two attached hydrogens (primary N) is 4. The molecule has 32 nitrogen and oxygen atoms in total. The zero-order valence-corrected chi connectivity index (χ0v) is 42.0.